The van der Waals surface area contributed by atoms with Crippen LogP contribution in [0.4, 0.5) is 18.9 Å². The van der Waals surface area contributed by atoms with Crippen molar-refractivity contribution >= 4 is 11.6 Å². The SMILES string of the molecule is COc1ccccc1N1CCN(C(=O)c2ccc(-c3cccc(C(F)(F)F)c3)o2)CC1. The number of ether oxygens (including phenoxy) is 1. The number of amides is 1. The molecule has 8 heteroatoms. The molecule has 1 aliphatic heterocycles. The van der Waals surface area contributed by atoms with Gasteiger partial charge in [-0.15, -0.1) is 0 Å². The Morgan fingerprint density at radius 1 is 0.968 bits per heavy atom. The van der Waals surface area contributed by atoms with Gasteiger partial charge in [-0.25, -0.2) is 0 Å². The van der Waals surface area contributed by atoms with Crippen LogP contribution in [0.1, 0.15) is 16.1 Å². The molecule has 2 heterocycles. The molecule has 1 amide bonds. The number of hydrogen-bond donors (Lipinski definition) is 0. The standard InChI is InChI=1S/C23H21F3N2O3/c1-30-20-8-3-2-7-18(20)27-11-13-28(14-12-27)22(29)21-10-9-19(31-21)16-5-4-6-17(15-16)23(24,25)26/h2-10,15H,11-14H2,1H3. The van der Waals surface area contributed by atoms with E-state index in [0.29, 0.717) is 26.2 Å². The number of furan rings is 1. The van der Waals surface area contributed by atoms with Crippen molar-refractivity contribution < 1.29 is 27.1 Å². The molecular weight excluding hydrogens is 409 g/mol. The van der Waals surface area contributed by atoms with E-state index in [-0.39, 0.29) is 23.0 Å². The van der Waals surface area contributed by atoms with Gasteiger partial charge < -0.3 is 19.0 Å². The summed E-state index contributed by atoms with van der Waals surface area (Å²) in [5, 5.41) is 0. The molecule has 0 saturated carbocycles. The van der Waals surface area contributed by atoms with E-state index < -0.39 is 11.7 Å². The van der Waals surface area contributed by atoms with Crippen LogP contribution in [0.15, 0.2) is 65.1 Å². The first-order chi connectivity index (χ1) is 14.9. The molecule has 3 aromatic rings. The maximum atomic E-state index is 13.0. The maximum Gasteiger partial charge on any atom is 0.416 e. The highest BCUT2D eigenvalue weighted by atomic mass is 19.4. The normalized spacial score (nSPS) is 14.6. The summed E-state index contributed by atoms with van der Waals surface area (Å²) in [6.07, 6.45) is -4.44. The van der Waals surface area contributed by atoms with Crippen LogP contribution in [-0.4, -0.2) is 44.1 Å². The van der Waals surface area contributed by atoms with Gasteiger partial charge in [0.2, 0.25) is 0 Å². The van der Waals surface area contributed by atoms with Crippen LogP contribution in [-0.2, 0) is 6.18 Å². The minimum atomic E-state index is -4.44. The number of anilines is 1. The third kappa shape index (κ3) is 4.38. The first-order valence-electron chi connectivity index (χ1n) is 9.81. The minimum Gasteiger partial charge on any atom is -0.495 e. The average molecular weight is 430 g/mol. The molecule has 0 aliphatic carbocycles. The molecule has 31 heavy (non-hydrogen) atoms. The molecule has 0 spiro atoms. The van der Waals surface area contributed by atoms with Gasteiger partial charge in [-0.05, 0) is 36.4 Å². The smallest absolute Gasteiger partial charge is 0.416 e. The van der Waals surface area contributed by atoms with E-state index in [1.165, 1.54) is 24.3 Å². The van der Waals surface area contributed by atoms with Crippen molar-refractivity contribution in [3.63, 3.8) is 0 Å². The minimum absolute atomic E-state index is 0.109. The van der Waals surface area contributed by atoms with Gasteiger partial charge in [0.05, 0.1) is 18.4 Å². The Balaban J connectivity index is 1.44. The Labute approximate surface area is 177 Å². The molecule has 0 radical (unpaired) electrons. The van der Waals surface area contributed by atoms with Gasteiger partial charge in [0.1, 0.15) is 11.5 Å². The van der Waals surface area contributed by atoms with Gasteiger partial charge in [-0.3, -0.25) is 4.79 Å². The fourth-order valence-electron chi connectivity index (χ4n) is 3.65. The zero-order valence-electron chi connectivity index (χ0n) is 16.9. The summed E-state index contributed by atoms with van der Waals surface area (Å²) in [5.74, 6) is 0.831. The lowest BCUT2D eigenvalue weighted by Gasteiger charge is -2.36. The molecule has 0 bridgehead atoms. The average Bonchev–Trinajstić information content (AvgIpc) is 3.28. The summed E-state index contributed by atoms with van der Waals surface area (Å²) in [7, 11) is 1.62. The predicted octanol–water partition coefficient (Wildman–Crippen LogP) is 4.94. The maximum absolute atomic E-state index is 13.0. The van der Waals surface area contributed by atoms with Crippen LogP contribution in [0.2, 0.25) is 0 Å². The van der Waals surface area contributed by atoms with Crippen molar-refractivity contribution in [1.82, 2.24) is 4.90 Å². The van der Waals surface area contributed by atoms with Crippen molar-refractivity contribution in [3.8, 4) is 17.1 Å². The van der Waals surface area contributed by atoms with E-state index in [1.54, 1.807) is 12.0 Å². The number of halogens is 3. The Morgan fingerprint density at radius 3 is 2.42 bits per heavy atom. The second kappa shape index (κ2) is 8.37. The van der Waals surface area contributed by atoms with Crippen molar-refractivity contribution in [2.24, 2.45) is 0 Å². The van der Waals surface area contributed by atoms with Crippen LogP contribution < -0.4 is 9.64 Å². The third-order valence-electron chi connectivity index (χ3n) is 5.28. The van der Waals surface area contributed by atoms with Crippen LogP contribution in [0.5, 0.6) is 5.75 Å². The molecule has 162 valence electrons. The van der Waals surface area contributed by atoms with E-state index in [1.807, 2.05) is 24.3 Å². The highest BCUT2D eigenvalue weighted by molar-refractivity contribution is 5.92. The molecule has 1 aliphatic rings. The predicted molar refractivity (Wildman–Crippen MR) is 110 cm³/mol. The Hall–Kier alpha value is -3.42. The molecule has 1 aromatic heterocycles. The second-order valence-electron chi connectivity index (χ2n) is 7.19. The van der Waals surface area contributed by atoms with E-state index in [4.69, 9.17) is 9.15 Å². The number of methoxy groups -OCH3 is 1. The van der Waals surface area contributed by atoms with E-state index in [0.717, 1.165) is 23.6 Å². The highest BCUT2D eigenvalue weighted by Crippen LogP contribution is 2.33. The molecule has 0 atom stereocenters. The summed E-state index contributed by atoms with van der Waals surface area (Å²) in [5.41, 5.74) is 0.485. The van der Waals surface area contributed by atoms with E-state index >= 15 is 0 Å². The zero-order chi connectivity index (χ0) is 22.0. The number of nitrogens with zero attached hydrogens (tertiary/aromatic N) is 2. The van der Waals surface area contributed by atoms with E-state index in [2.05, 4.69) is 4.90 Å². The van der Waals surface area contributed by atoms with Crippen LogP contribution in [0.3, 0.4) is 0 Å². The van der Waals surface area contributed by atoms with Crippen molar-refractivity contribution in [1.29, 1.82) is 0 Å². The number of rotatable bonds is 4. The van der Waals surface area contributed by atoms with Crippen molar-refractivity contribution in [3.05, 3.63) is 72.0 Å². The first-order valence-corrected chi connectivity index (χ1v) is 9.81. The summed E-state index contributed by atoms with van der Waals surface area (Å²) < 4.78 is 49.9. The Kier molecular flexibility index (Phi) is 5.63. The zero-order valence-corrected chi connectivity index (χ0v) is 16.9. The molecule has 0 unspecified atom stereocenters. The molecule has 5 nitrogen and oxygen atoms in total. The lowest BCUT2D eigenvalue weighted by Crippen LogP contribution is -2.48. The summed E-state index contributed by atoms with van der Waals surface area (Å²) in [6.45, 7) is 2.26. The molecule has 1 saturated heterocycles. The number of carbonyl (C=O) groups is 1. The fraction of sp³-hybridized carbons (Fsp3) is 0.261. The summed E-state index contributed by atoms with van der Waals surface area (Å²) in [4.78, 5) is 16.7. The molecule has 4 rings (SSSR count). The van der Waals surface area contributed by atoms with Crippen LogP contribution in [0, 0.1) is 0 Å². The van der Waals surface area contributed by atoms with Gasteiger partial charge >= 0.3 is 6.18 Å². The number of piperazine rings is 1. The van der Waals surface area contributed by atoms with Crippen molar-refractivity contribution in [2.75, 3.05) is 38.2 Å². The molecule has 2 aromatic carbocycles. The number of hydrogen-bond acceptors (Lipinski definition) is 4. The lowest BCUT2D eigenvalue weighted by molar-refractivity contribution is -0.137. The number of alkyl halides is 3. The molecule has 1 fully saturated rings. The van der Waals surface area contributed by atoms with E-state index in [9.17, 15) is 18.0 Å². The largest absolute Gasteiger partial charge is 0.495 e. The number of carbonyl (C=O) groups excluding carboxylic acids is 1. The van der Waals surface area contributed by atoms with Gasteiger partial charge in [0.25, 0.3) is 5.91 Å². The lowest BCUT2D eigenvalue weighted by atomic mass is 10.1. The summed E-state index contributed by atoms with van der Waals surface area (Å²) in [6, 6.07) is 15.6. The summed E-state index contributed by atoms with van der Waals surface area (Å²) >= 11 is 0. The van der Waals surface area contributed by atoms with Gasteiger partial charge in [0, 0.05) is 31.7 Å². The van der Waals surface area contributed by atoms with Crippen molar-refractivity contribution in [2.45, 2.75) is 6.18 Å². The topological polar surface area (TPSA) is 45.9 Å². The fourth-order valence-corrected chi connectivity index (χ4v) is 3.65. The quantitative estimate of drug-likeness (QED) is 0.589. The number of para-hydroxylation sites is 2. The Bertz CT molecular complexity index is 1070. The molecular formula is C23H21F3N2O3. The first kappa shape index (κ1) is 20.8. The third-order valence-corrected chi connectivity index (χ3v) is 5.28. The van der Waals surface area contributed by atoms with Gasteiger partial charge in [-0.1, -0.05) is 24.3 Å². The highest BCUT2D eigenvalue weighted by Gasteiger charge is 2.31. The second-order valence-corrected chi connectivity index (χ2v) is 7.19. The van der Waals surface area contributed by atoms with Crippen LogP contribution in [0.25, 0.3) is 11.3 Å². The Morgan fingerprint density at radius 2 is 1.71 bits per heavy atom. The van der Waals surface area contributed by atoms with Gasteiger partial charge in [0.15, 0.2) is 5.76 Å². The van der Waals surface area contributed by atoms with Crippen LogP contribution >= 0.6 is 0 Å². The monoisotopic (exact) mass is 430 g/mol. The van der Waals surface area contributed by atoms with Gasteiger partial charge in [-0.2, -0.15) is 13.2 Å². The number of benzene rings is 2. The molecule has 0 N–H and O–H groups in total.